The first-order chi connectivity index (χ1) is 14.7. The Bertz CT molecular complexity index is 780. The van der Waals surface area contributed by atoms with E-state index >= 15 is 0 Å². The number of esters is 1. The summed E-state index contributed by atoms with van der Waals surface area (Å²) < 4.78 is 36.9. The van der Waals surface area contributed by atoms with Crippen molar-refractivity contribution in [2.24, 2.45) is 5.92 Å². The molecule has 9 heteroatoms. The number of alkyl halides is 2. The van der Waals surface area contributed by atoms with Gasteiger partial charge in [0.25, 0.3) is 0 Å². The highest BCUT2D eigenvalue weighted by Crippen LogP contribution is 2.31. The largest absolute Gasteiger partial charge is 0.547 e. The SMILES string of the molecule is CC(F)(F)CCC(=O)N[C@H]1Cc2cccc(C(=O)OCCC3CCCCC3)c2OB1O. The highest BCUT2D eigenvalue weighted by molar-refractivity contribution is 6.47. The van der Waals surface area contributed by atoms with Gasteiger partial charge >= 0.3 is 13.1 Å². The molecule has 0 bridgehead atoms. The summed E-state index contributed by atoms with van der Waals surface area (Å²) in [5.41, 5.74) is 0.869. The summed E-state index contributed by atoms with van der Waals surface area (Å²) in [5.74, 6) is -3.98. The molecule has 1 aromatic rings. The minimum Gasteiger partial charge on any atom is -0.534 e. The molecule has 1 saturated carbocycles. The molecule has 2 N–H and O–H groups in total. The average molecular weight is 437 g/mol. The summed E-state index contributed by atoms with van der Waals surface area (Å²) in [5, 5.41) is 12.8. The molecule has 1 amide bonds. The molecule has 1 aliphatic heterocycles. The fourth-order valence-electron chi connectivity index (χ4n) is 4.19. The van der Waals surface area contributed by atoms with Gasteiger partial charge in [0.15, 0.2) is 0 Å². The van der Waals surface area contributed by atoms with Crippen molar-refractivity contribution in [1.82, 2.24) is 5.32 Å². The van der Waals surface area contributed by atoms with Gasteiger partial charge in [-0.05, 0) is 37.3 Å². The zero-order valence-electron chi connectivity index (χ0n) is 17.9. The number of fused-ring (bicyclic) bond motifs is 1. The Kier molecular flexibility index (Phi) is 7.92. The fourth-order valence-corrected chi connectivity index (χ4v) is 4.19. The highest BCUT2D eigenvalue weighted by atomic mass is 19.3. The molecule has 0 spiro atoms. The van der Waals surface area contributed by atoms with Crippen molar-refractivity contribution in [3.63, 3.8) is 0 Å². The van der Waals surface area contributed by atoms with Crippen molar-refractivity contribution in [2.45, 2.75) is 76.6 Å². The van der Waals surface area contributed by atoms with Gasteiger partial charge < -0.3 is 19.7 Å². The monoisotopic (exact) mass is 437 g/mol. The number of ether oxygens (including phenoxy) is 1. The smallest absolute Gasteiger partial charge is 0.534 e. The number of carbonyl (C=O) groups is 2. The van der Waals surface area contributed by atoms with E-state index in [0.717, 1.165) is 13.3 Å². The first kappa shape index (κ1) is 23.5. The molecule has 1 heterocycles. The minimum absolute atomic E-state index is 0.216. The van der Waals surface area contributed by atoms with E-state index in [9.17, 15) is 23.4 Å². The Morgan fingerprint density at radius 2 is 2.03 bits per heavy atom. The molecule has 1 atom stereocenters. The van der Waals surface area contributed by atoms with Gasteiger partial charge in [-0.15, -0.1) is 0 Å². The summed E-state index contributed by atoms with van der Waals surface area (Å²) in [6, 6.07) is 5.00. The van der Waals surface area contributed by atoms with Crippen LogP contribution < -0.4 is 9.97 Å². The zero-order chi connectivity index (χ0) is 22.4. The molecule has 0 aromatic heterocycles. The maximum atomic E-state index is 13.0. The molecule has 31 heavy (non-hydrogen) atoms. The third-order valence-corrected chi connectivity index (χ3v) is 5.96. The summed E-state index contributed by atoms with van der Waals surface area (Å²) >= 11 is 0. The Hall–Kier alpha value is -2.16. The van der Waals surface area contributed by atoms with Crippen LogP contribution >= 0.6 is 0 Å². The number of hydrogen-bond acceptors (Lipinski definition) is 5. The zero-order valence-corrected chi connectivity index (χ0v) is 17.9. The quantitative estimate of drug-likeness (QED) is 0.479. The van der Waals surface area contributed by atoms with E-state index in [1.54, 1.807) is 18.2 Å². The maximum Gasteiger partial charge on any atom is 0.547 e. The van der Waals surface area contributed by atoms with Crippen molar-refractivity contribution >= 4 is 19.0 Å². The first-order valence-corrected chi connectivity index (χ1v) is 11.0. The van der Waals surface area contributed by atoms with Crippen molar-refractivity contribution in [2.75, 3.05) is 6.61 Å². The second kappa shape index (κ2) is 10.4. The van der Waals surface area contributed by atoms with E-state index in [2.05, 4.69) is 5.32 Å². The minimum atomic E-state index is -2.93. The van der Waals surface area contributed by atoms with Crippen LogP contribution in [0.15, 0.2) is 18.2 Å². The molecule has 0 radical (unpaired) electrons. The number of benzene rings is 1. The Morgan fingerprint density at radius 3 is 2.74 bits per heavy atom. The molecule has 0 saturated heterocycles. The molecular weight excluding hydrogens is 407 g/mol. The van der Waals surface area contributed by atoms with E-state index in [4.69, 9.17) is 9.39 Å². The van der Waals surface area contributed by atoms with E-state index in [0.29, 0.717) is 18.1 Å². The standard InChI is InChI=1S/C22H30BF2NO5/c1-22(24,25)12-10-19(27)26-18-14-16-8-5-9-17(20(16)31-23(18)29)21(28)30-13-11-15-6-3-2-4-7-15/h5,8-9,15,18,29H,2-4,6-7,10-14H2,1H3,(H,26,27)/t18-/m0/s1. The van der Waals surface area contributed by atoms with Gasteiger partial charge in [0, 0.05) is 12.8 Å². The molecule has 1 aliphatic carbocycles. The van der Waals surface area contributed by atoms with Crippen LogP contribution in [0.1, 0.15) is 74.2 Å². The average Bonchev–Trinajstić information content (AvgIpc) is 2.72. The van der Waals surface area contributed by atoms with Crippen LogP contribution in [0.25, 0.3) is 0 Å². The topological polar surface area (TPSA) is 84.9 Å². The predicted octanol–water partition coefficient (Wildman–Crippen LogP) is 3.69. The third kappa shape index (κ3) is 6.92. The van der Waals surface area contributed by atoms with Gasteiger partial charge in [0.05, 0.1) is 12.5 Å². The summed E-state index contributed by atoms with van der Waals surface area (Å²) in [6.07, 6.45) is 6.22. The lowest BCUT2D eigenvalue weighted by molar-refractivity contribution is -0.123. The van der Waals surface area contributed by atoms with E-state index in [-0.39, 0.29) is 24.2 Å². The van der Waals surface area contributed by atoms with E-state index < -0.39 is 37.3 Å². The third-order valence-electron chi connectivity index (χ3n) is 5.96. The number of rotatable bonds is 8. The summed E-state index contributed by atoms with van der Waals surface area (Å²) in [7, 11) is -1.39. The molecule has 2 aliphatic rings. The Balaban J connectivity index is 1.56. The van der Waals surface area contributed by atoms with Crippen molar-refractivity contribution in [3.05, 3.63) is 29.3 Å². The van der Waals surface area contributed by atoms with Crippen LogP contribution in [0.3, 0.4) is 0 Å². The molecule has 0 unspecified atom stereocenters. The fraction of sp³-hybridized carbons (Fsp3) is 0.636. The van der Waals surface area contributed by atoms with Crippen molar-refractivity contribution in [1.29, 1.82) is 0 Å². The van der Waals surface area contributed by atoms with Crippen molar-refractivity contribution < 1.29 is 32.8 Å². The van der Waals surface area contributed by atoms with Gasteiger partial charge in [-0.3, -0.25) is 4.79 Å². The Labute approximate surface area is 181 Å². The lowest BCUT2D eigenvalue weighted by Crippen LogP contribution is -2.53. The van der Waals surface area contributed by atoms with Crippen LogP contribution in [0.5, 0.6) is 5.75 Å². The molecule has 3 rings (SSSR count). The normalized spacial score (nSPS) is 19.4. The van der Waals surface area contributed by atoms with Gasteiger partial charge in [-0.1, -0.05) is 44.2 Å². The molecular formula is C22H30BF2NO5. The number of para-hydroxylation sites is 1. The van der Waals surface area contributed by atoms with Crippen LogP contribution in [-0.2, 0) is 16.0 Å². The maximum absolute atomic E-state index is 13.0. The summed E-state index contributed by atoms with van der Waals surface area (Å²) in [4.78, 5) is 24.5. The van der Waals surface area contributed by atoms with E-state index in [1.165, 1.54) is 32.1 Å². The van der Waals surface area contributed by atoms with Gasteiger partial charge in [-0.2, -0.15) is 0 Å². The molecule has 1 aromatic carbocycles. The second-order valence-electron chi connectivity index (χ2n) is 8.68. The summed E-state index contributed by atoms with van der Waals surface area (Å²) in [6.45, 7) is 1.10. The number of nitrogens with one attached hydrogen (secondary N) is 1. The van der Waals surface area contributed by atoms with Crippen LogP contribution in [0.4, 0.5) is 8.78 Å². The van der Waals surface area contributed by atoms with Gasteiger partial charge in [0.2, 0.25) is 11.8 Å². The number of amides is 1. The van der Waals surface area contributed by atoms with Crippen LogP contribution in [0.2, 0.25) is 0 Å². The highest BCUT2D eigenvalue weighted by Gasteiger charge is 2.38. The van der Waals surface area contributed by atoms with E-state index in [1.807, 2.05) is 0 Å². The lowest BCUT2D eigenvalue weighted by atomic mass is 9.72. The van der Waals surface area contributed by atoms with Gasteiger partial charge in [0.1, 0.15) is 11.3 Å². The number of hydrogen-bond donors (Lipinski definition) is 2. The Morgan fingerprint density at radius 1 is 1.29 bits per heavy atom. The van der Waals surface area contributed by atoms with Crippen molar-refractivity contribution in [3.8, 4) is 5.75 Å². The first-order valence-electron chi connectivity index (χ1n) is 11.0. The molecule has 1 fully saturated rings. The van der Waals surface area contributed by atoms with Crippen LogP contribution in [0, 0.1) is 5.92 Å². The second-order valence-corrected chi connectivity index (χ2v) is 8.68. The van der Waals surface area contributed by atoms with Gasteiger partial charge in [-0.25, -0.2) is 13.6 Å². The van der Waals surface area contributed by atoms with Crippen LogP contribution in [-0.4, -0.2) is 42.5 Å². The number of carbonyl (C=O) groups excluding carboxylic acids is 2. The number of halogens is 2. The molecule has 6 nitrogen and oxygen atoms in total. The predicted molar refractivity (Wildman–Crippen MR) is 112 cm³/mol. The molecule has 170 valence electrons. The lowest BCUT2D eigenvalue weighted by Gasteiger charge is -2.29.